The first-order valence-corrected chi connectivity index (χ1v) is 20.2. The Balaban J connectivity index is 0.000000894. The number of rotatable bonds is 9. The number of hydrogen-bond donors (Lipinski definition) is 0. The third-order valence-electron chi connectivity index (χ3n) is 9.24. The Hall–Kier alpha value is -3.18. The Morgan fingerprint density at radius 3 is 1.22 bits per heavy atom. The summed E-state index contributed by atoms with van der Waals surface area (Å²) in [6.07, 6.45) is 17.1. The van der Waals surface area contributed by atoms with Crippen LogP contribution >= 0.6 is 15.8 Å². The Bertz CT molecular complexity index is 1780. The molecule has 2 aliphatic rings. The molecule has 0 spiro atoms. The molecule has 1 atom stereocenters. The van der Waals surface area contributed by atoms with Crippen molar-refractivity contribution in [2.24, 2.45) is 0 Å². The predicted octanol–water partition coefficient (Wildman–Crippen LogP) is 10.5. The van der Waals surface area contributed by atoms with Gasteiger partial charge in [-0.25, -0.2) is 0 Å². The van der Waals surface area contributed by atoms with Gasteiger partial charge in [0.25, 0.3) is 0 Å². The molecule has 4 aromatic rings. The van der Waals surface area contributed by atoms with E-state index in [4.69, 9.17) is 9.47 Å². The molecule has 0 aliphatic heterocycles. The monoisotopic (exact) mass is 754 g/mol. The van der Waals surface area contributed by atoms with Crippen LogP contribution in [-0.4, -0.2) is 19.9 Å². The Labute approximate surface area is 321 Å². The van der Waals surface area contributed by atoms with E-state index in [9.17, 15) is 0 Å². The van der Waals surface area contributed by atoms with Crippen LogP contribution < -0.4 is 30.7 Å². The number of allylic oxidation sites excluding steroid dienone is 8. The molecular weight excluding hydrogens is 702 g/mol. The number of benzene rings is 4. The largest absolute Gasteiger partial charge is 0.496 e. The van der Waals surface area contributed by atoms with Gasteiger partial charge in [0.15, 0.2) is 0 Å². The van der Waals surface area contributed by atoms with Gasteiger partial charge >= 0.3 is 0 Å². The second-order valence-corrected chi connectivity index (χ2v) is 18.4. The molecule has 0 unspecified atom stereocenters. The van der Waals surface area contributed by atoms with Gasteiger partial charge < -0.3 is 9.47 Å². The average molecular weight is 755 g/mol. The Morgan fingerprint density at radius 1 is 0.490 bits per heavy atom. The molecule has 0 saturated heterocycles. The van der Waals surface area contributed by atoms with Crippen molar-refractivity contribution in [3.05, 3.63) is 165 Å². The van der Waals surface area contributed by atoms with Crippen LogP contribution in [0.1, 0.15) is 51.4 Å². The fourth-order valence-electron chi connectivity index (χ4n) is 7.40. The molecule has 0 saturated carbocycles. The molecule has 0 fully saturated rings. The van der Waals surface area contributed by atoms with Crippen molar-refractivity contribution in [1.29, 1.82) is 0 Å². The molecule has 6 rings (SSSR count). The number of ether oxygens (including phenoxy) is 2. The Kier molecular flexibility index (Phi) is 14.4. The summed E-state index contributed by atoms with van der Waals surface area (Å²) in [5.74, 6) is 3.39. The summed E-state index contributed by atoms with van der Waals surface area (Å²) in [6.45, 7) is 20.0. The molecule has 0 N–H and O–H groups in total. The van der Waals surface area contributed by atoms with Crippen LogP contribution in [-0.2, 0) is 17.1 Å². The smallest absolute Gasteiger partial charge is 0.124 e. The quantitative estimate of drug-likeness (QED) is 0.125. The Morgan fingerprint density at radius 2 is 0.882 bits per heavy atom. The van der Waals surface area contributed by atoms with Gasteiger partial charge in [-0.05, 0) is 150 Å². The summed E-state index contributed by atoms with van der Waals surface area (Å²) in [6, 6.07) is 23.7. The van der Waals surface area contributed by atoms with Crippen molar-refractivity contribution in [2.75, 3.05) is 14.2 Å². The molecule has 0 heterocycles. The van der Waals surface area contributed by atoms with Gasteiger partial charge in [0.1, 0.15) is 11.5 Å². The standard InChI is InChI=1S/C41H47O2P2.C5H5.Fe/c1-25-15-26(2)18-34(17-25)44(35-19-27(3)16-28(4)20-35)33(9)38-13-12-14-39(38)45(36-21-29(5)40(42-10)30(6)22-36)37-23-31(7)41(43-11)32(8)24-37;1-2-4-5-3-1;/h12-24,33H,1-11H3;1-5H;/t33-;;/m1../s1. The van der Waals surface area contributed by atoms with E-state index in [1.54, 1.807) is 14.2 Å². The minimum atomic E-state index is -0.850. The zero-order chi connectivity index (χ0) is 36.1. The van der Waals surface area contributed by atoms with E-state index in [1.807, 2.05) is 30.7 Å². The normalized spacial score (nSPS) is 14.0. The molecule has 4 aromatic carbocycles. The first kappa shape index (κ1) is 40.6. The third kappa shape index (κ3) is 9.44. The van der Waals surface area contributed by atoms with Crippen LogP contribution in [0.25, 0.3) is 0 Å². The van der Waals surface area contributed by atoms with E-state index in [0.29, 0.717) is 5.66 Å². The van der Waals surface area contributed by atoms with Gasteiger partial charge in [-0.2, -0.15) is 0 Å². The summed E-state index contributed by atoms with van der Waals surface area (Å²) in [7, 11) is 2.02. The maximum Gasteiger partial charge on any atom is 0.124 e. The molecule has 51 heavy (non-hydrogen) atoms. The van der Waals surface area contributed by atoms with Crippen LogP contribution in [0.3, 0.4) is 0 Å². The molecule has 0 amide bonds. The number of hydrogen-bond acceptors (Lipinski definition) is 2. The summed E-state index contributed by atoms with van der Waals surface area (Å²) >= 11 is 0. The molecule has 2 nitrogen and oxygen atoms in total. The first-order valence-electron chi connectivity index (χ1n) is 17.4. The summed E-state index contributed by atoms with van der Waals surface area (Å²) in [5.41, 5.74) is 10.3. The fourth-order valence-corrected chi connectivity index (χ4v) is 13.5. The molecule has 2 radical (unpaired) electrons. The summed E-state index contributed by atoms with van der Waals surface area (Å²) < 4.78 is 11.6. The first-order chi connectivity index (χ1) is 23.9. The second kappa shape index (κ2) is 18.0. The molecule has 0 aromatic heterocycles. The SMILES string of the molecule is COc1c(C)cc(P(C2=CC=C[C]2[C@@H](C)P(c2cc(C)cc(C)c2)c2cc(C)cc(C)c2)c2cc(C)c(OC)c(C)c2)cc1C.[CH]1C=CC=C1.[Fe]. The number of methoxy groups -OCH3 is 2. The second-order valence-electron chi connectivity index (χ2n) is 13.6. The molecule has 5 heteroatoms. The van der Waals surface area contributed by atoms with Crippen LogP contribution in [0.15, 0.2) is 109 Å². The van der Waals surface area contributed by atoms with Crippen LogP contribution in [0.4, 0.5) is 0 Å². The molecular formula is C46H52FeO2P2. The van der Waals surface area contributed by atoms with Crippen molar-refractivity contribution in [2.45, 2.75) is 68.0 Å². The van der Waals surface area contributed by atoms with E-state index in [-0.39, 0.29) is 17.1 Å². The van der Waals surface area contributed by atoms with Gasteiger partial charge in [0, 0.05) is 29.4 Å². The van der Waals surface area contributed by atoms with Crippen molar-refractivity contribution in [3.63, 3.8) is 0 Å². The van der Waals surface area contributed by atoms with E-state index in [2.05, 4.69) is 141 Å². The van der Waals surface area contributed by atoms with Crippen LogP contribution in [0, 0.1) is 67.7 Å². The van der Waals surface area contributed by atoms with Crippen LogP contribution in [0.2, 0.25) is 0 Å². The molecule has 0 bridgehead atoms. The van der Waals surface area contributed by atoms with Crippen molar-refractivity contribution in [3.8, 4) is 11.5 Å². The zero-order valence-corrected chi connectivity index (χ0v) is 34.9. The van der Waals surface area contributed by atoms with Gasteiger partial charge in [0.2, 0.25) is 0 Å². The van der Waals surface area contributed by atoms with Crippen molar-refractivity contribution in [1.82, 2.24) is 0 Å². The molecule has 266 valence electrons. The van der Waals surface area contributed by atoms with Gasteiger partial charge in [-0.3, -0.25) is 0 Å². The van der Waals surface area contributed by atoms with E-state index >= 15 is 0 Å². The zero-order valence-electron chi connectivity index (χ0n) is 32.0. The van der Waals surface area contributed by atoms with Crippen LogP contribution in [0.5, 0.6) is 11.5 Å². The maximum absolute atomic E-state index is 5.80. The van der Waals surface area contributed by atoms with E-state index < -0.39 is 15.8 Å². The van der Waals surface area contributed by atoms with Gasteiger partial charge in [-0.1, -0.05) is 108 Å². The van der Waals surface area contributed by atoms with E-state index in [1.165, 1.54) is 77.0 Å². The van der Waals surface area contributed by atoms with E-state index in [0.717, 1.165) is 11.5 Å². The topological polar surface area (TPSA) is 18.5 Å². The van der Waals surface area contributed by atoms with Crippen molar-refractivity contribution >= 4 is 37.1 Å². The third-order valence-corrected chi connectivity index (χ3v) is 14.4. The summed E-state index contributed by atoms with van der Waals surface area (Å²) in [5, 5.41) is 7.04. The maximum atomic E-state index is 5.80. The van der Waals surface area contributed by atoms with Gasteiger partial charge in [-0.15, -0.1) is 0 Å². The molecule has 2 aliphatic carbocycles. The fraction of sp³-hybridized carbons (Fsp3) is 0.261. The number of aryl methyl sites for hydroxylation is 8. The van der Waals surface area contributed by atoms with Crippen molar-refractivity contribution < 1.29 is 26.5 Å². The minimum Gasteiger partial charge on any atom is -0.496 e. The minimum absolute atomic E-state index is 0. The average Bonchev–Trinajstić information content (AvgIpc) is 3.77. The van der Waals surface area contributed by atoms with Gasteiger partial charge in [0.05, 0.1) is 14.2 Å². The predicted molar refractivity (Wildman–Crippen MR) is 222 cm³/mol. The summed E-state index contributed by atoms with van der Waals surface area (Å²) in [4.78, 5) is 0.